The minimum absolute atomic E-state index is 0.0955. The molecular weight excluding hydrogens is 250 g/mol. The number of Topliss-reactive ketones (excluding diaryl/α,β-unsaturated/α-hetero) is 1. The van der Waals surface area contributed by atoms with E-state index in [1.165, 1.54) is 18.9 Å². The van der Waals surface area contributed by atoms with Crippen molar-refractivity contribution in [3.63, 3.8) is 0 Å². The fourth-order valence-electron chi connectivity index (χ4n) is 2.10. The Morgan fingerprint density at radius 1 is 1.32 bits per heavy atom. The Morgan fingerprint density at radius 3 is 2.32 bits per heavy atom. The molecule has 0 aromatic heterocycles. The Labute approximate surface area is 113 Å². The number of carbonyl (C=O) groups excluding carboxylic acids is 3. The van der Waals surface area contributed by atoms with Crippen molar-refractivity contribution in [1.82, 2.24) is 4.90 Å². The van der Waals surface area contributed by atoms with Gasteiger partial charge >= 0.3 is 5.97 Å². The molecule has 6 nitrogen and oxygen atoms in total. The molecule has 0 unspecified atom stereocenters. The molecule has 0 N–H and O–H groups in total. The van der Waals surface area contributed by atoms with E-state index >= 15 is 0 Å². The van der Waals surface area contributed by atoms with Gasteiger partial charge in [-0.2, -0.15) is 0 Å². The summed E-state index contributed by atoms with van der Waals surface area (Å²) in [6.07, 6.45) is -0.771. The number of rotatable bonds is 3. The van der Waals surface area contributed by atoms with Crippen LogP contribution in [0.15, 0.2) is 0 Å². The first kappa shape index (κ1) is 15.6. The summed E-state index contributed by atoms with van der Waals surface area (Å²) in [5.74, 6) is -1.17. The van der Waals surface area contributed by atoms with Gasteiger partial charge in [-0.15, -0.1) is 0 Å². The van der Waals surface area contributed by atoms with E-state index < -0.39 is 24.1 Å². The zero-order valence-corrected chi connectivity index (χ0v) is 12.1. The zero-order valence-electron chi connectivity index (χ0n) is 12.1. The van der Waals surface area contributed by atoms with Gasteiger partial charge in [0.05, 0.1) is 20.1 Å². The van der Waals surface area contributed by atoms with E-state index in [9.17, 15) is 14.4 Å². The molecule has 0 radical (unpaired) electrons. The van der Waals surface area contributed by atoms with Gasteiger partial charge in [0.25, 0.3) is 0 Å². The number of methoxy groups -OCH3 is 1. The molecule has 6 heteroatoms. The molecule has 2 atom stereocenters. The highest BCUT2D eigenvalue weighted by Gasteiger charge is 2.47. The van der Waals surface area contributed by atoms with Crippen LogP contribution in [0.5, 0.6) is 0 Å². The summed E-state index contributed by atoms with van der Waals surface area (Å²) in [7, 11) is 1.26. The summed E-state index contributed by atoms with van der Waals surface area (Å²) < 4.78 is 10.2. The van der Waals surface area contributed by atoms with E-state index in [1.54, 1.807) is 0 Å². The van der Waals surface area contributed by atoms with Gasteiger partial charge in [-0.05, 0) is 6.92 Å². The number of hydrogen-bond acceptors (Lipinski definition) is 5. The van der Waals surface area contributed by atoms with Crippen LogP contribution in [0.1, 0.15) is 34.1 Å². The van der Waals surface area contributed by atoms with Crippen molar-refractivity contribution in [2.75, 3.05) is 13.7 Å². The molecule has 0 aromatic carbocycles. The van der Waals surface area contributed by atoms with Crippen LogP contribution in [0.4, 0.5) is 0 Å². The lowest BCUT2D eigenvalue weighted by atomic mass is 9.93. The van der Waals surface area contributed by atoms with Gasteiger partial charge in [0.2, 0.25) is 5.91 Å². The summed E-state index contributed by atoms with van der Waals surface area (Å²) in [4.78, 5) is 36.3. The van der Waals surface area contributed by atoms with Crippen LogP contribution in [0.3, 0.4) is 0 Å². The van der Waals surface area contributed by atoms with Crippen molar-refractivity contribution in [3.8, 4) is 0 Å². The normalized spacial score (nSPS) is 23.3. The van der Waals surface area contributed by atoms with Gasteiger partial charge in [0, 0.05) is 5.41 Å². The van der Waals surface area contributed by atoms with Crippen LogP contribution in [0, 0.1) is 5.41 Å². The highest BCUT2D eigenvalue weighted by Crippen LogP contribution is 2.32. The van der Waals surface area contributed by atoms with Crippen LogP contribution in [0.2, 0.25) is 0 Å². The van der Waals surface area contributed by atoms with Gasteiger partial charge in [0.15, 0.2) is 6.04 Å². The second-order valence-corrected chi connectivity index (χ2v) is 5.77. The Balaban J connectivity index is 3.01. The Morgan fingerprint density at radius 2 is 1.89 bits per heavy atom. The van der Waals surface area contributed by atoms with E-state index in [1.807, 2.05) is 20.8 Å². The third-order valence-corrected chi connectivity index (χ3v) is 2.90. The van der Waals surface area contributed by atoms with E-state index in [2.05, 4.69) is 4.74 Å². The van der Waals surface area contributed by atoms with Gasteiger partial charge < -0.3 is 9.47 Å². The zero-order chi connectivity index (χ0) is 14.8. The molecule has 19 heavy (non-hydrogen) atoms. The smallest absolute Gasteiger partial charge is 0.331 e. The predicted molar refractivity (Wildman–Crippen MR) is 67.1 cm³/mol. The standard InChI is InChI=1S/C13H21NO5/c1-8(15)6-10(16)14-9(11(17)18-5)7-19-12(14)13(2,3)4/h9,12H,6-7H2,1-5H3/t9-,12+/m0/s1. The summed E-state index contributed by atoms with van der Waals surface area (Å²) >= 11 is 0. The van der Waals surface area contributed by atoms with Crippen molar-refractivity contribution < 1.29 is 23.9 Å². The average molecular weight is 271 g/mol. The van der Waals surface area contributed by atoms with Crippen molar-refractivity contribution >= 4 is 17.7 Å². The fraction of sp³-hybridized carbons (Fsp3) is 0.769. The number of carbonyl (C=O) groups is 3. The number of ether oxygens (including phenoxy) is 2. The molecule has 0 saturated carbocycles. The van der Waals surface area contributed by atoms with E-state index in [-0.39, 0.29) is 24.2 Å². The van der Waals surface area contributed by atoms with Crippen LogP contribution in [-0.2, 0) is 23.9 Å². The maximum Gasteiger partial charge on any atom is 0.331 e. The van der Waals surface area contributed by atoms with Crippen LogP contribution in [0.25, 0.3) is 0 Å². The molecule has 1 saturated heterocycles. The fourth-order valence-corrected chi connectivity index (χ4v) is 2.10. The van der Waals surface area contributed by atoms with E-state index in [0.29, 0.717) is 0 Å². The minimum atomic E-state index is -0.777. The molecule has 0 aliphatic carbocycles. The Kier molecular flexibility index (Phi) is 4.68. The molecule has 1 rings (SSSR count). The van der Waals surface area contributed by atoms with Gasteiger partial charge in [-0.1, -0.05) is 20.8 Å². The molecule has 1 heterocycles. The first-order valence-corrected chi connectivity index (χ1v) is 6.18. The topological polar surface area (TPSA) is 72.9 Å². The lowest BCUT2D eigenvalue weighted by molar-refractivity contribution is -0.156. The summed E-state index contributed by atoms with van der Waals surface area (Å²) in [5, 5.41) is 0. The monoisotopic (exact) mass is 271 g/mol. The van der Waals surface area contributed by atoms with E-state index in [0.717, 1.165) is 0 Å². The second kappa shape index (κ2) is 5.69. The largest absolute Gasteiger partial charge is 0.467 e. The third-order valence-electron chi connectivity index (χ3n) is 2.90. The Hall–Kier alpha value is -1.43. The highest BCUT2D eigenvalue weighted by atomic mass is 16.5. The molecular formula is C13H21NO5. The molecule has 0 spiro atoms. The summed E-state index contributed by atoms with van der Waals surface area (Å²) in [6, 6.07) is -0.777. The summed E-state index contributed by atoms with van der Waals surface area (Å²) in [5.41, 5.74) is -0.352. The van der Waals surface area contributed by atoms with Crippen LogP contribution < -0.4 is 0 Å². The lowest BCUT2D eigenvalue weighted by Crippen LogP contribution is -2.50. The Bertz CT molecular complexity index is 385. The minimum Gasteiger partial charge on any atom is -0.467 e. The number of nitrogens with zero attached hydrogens (tertiary/aromatic N) is 1. The highest BCUT2D eigenvalue weighted by molar-refractivity contribution is 5.98. The number of ketones is 1. The van der Waals surface area contributed by atoms with E-state index in [4.69, 9.17) is 4.74 Å². The molecule has 1 aliphatic heterocycles. The van der Waals surface area contributed by atoms with Gasteiger partial charge in [-0.25, -0.2) is 4.79 Å². The molecule has 1 aliphatic rings. The van der Waals surface area contributed by atoms with Crippen LogP contribution in [-0.4, -0.2) is 48.5 Å². The molecule has 1 fully saturated rings. The number of esters is 1. The quantitative estimate of drug-likeness (QED) is 0.559. The first-order valence-electron chi connectivity index (χ1n) is 6.18. The van der Waals surface area contributed by atoms with Gasteiger partial charge in [-0.3, -0.25) is 14.5 Å². The lowest BCUT2D eigenvalue weighted by Gasteiger charge is -2.35. The maximum atomic E-state index is 12.2. The summed E-state index contributed by atoms with van der Waals surface area (Å²) in [6.45, 7) is 7.16. The average Bonchev–Trinajstić information content (AvgIpc) is 2.70. The second-order valence-electron chi connectivity index (χ2n) is 5.77. The molecule has 0 aromatic rings. The molecule has 0 bridgehead atoms. The SMILES string of the molecule is COC(=O)[C@@H]1CO[C@H](C(C)(C)C)N1C(=O)CC(C)=O. The number of amides is 1. The molecule has 1 amide bonds. The first-order chi connectivity index (χ1) is 8.68. The third kappa shape index (κ3) is 3.53. The predicted octanol–water partition coefficient (Wildman–Crippen LogP) is 0.738. The van der Waals surface area contributed by atoms with Crippen molar-refractivity contribution in [3.05, 3.63) is 0 Å². The molecule has 108 valence electrons. The van der Waals surface area contributed by atoms with Gasteiger partial charge in [0.1, 0.15) is 12.0 Å². The van der Waals surface area contributed by atoms with Crippen molar-refractivity contribution in [2.24, 2.45) is 5.41 Å². The van der Waals surface area contributed by atoms with Crippen LogP contribution >= 0.6 is 0 Å². The van der Waals surface area contributed by atoms with Crippen molar-refractivity contribution in [1.29, 1.82) is 0 Å². The van der Waals surface area contributed by atoms with Crippen molar-refractivity contribution in [2.45, 2.75) is 46.4 Å². The maximum absolute atomic E-state index is 12.2. The number of hydrogen-bond donors (Lipinski definition) is 0.